The van der Waals surface area contributed by atoms with Gasteiger partial charge in [-0.05, 0) is 49.2 Å². The molecule has 9 heteroatoms. The monoisotopic (exact) mass is 436 g/mol. The molecule has 9 nitrogen and oxygen atoms in total. The number of benzene rings is 2. The minimum Gasteiger partial charge on any atom is -0.497 e. The second-order valence-electron chi connectivity index (χ2n) is 7.69. The lowest BCUT2D eigenvalue weighted by Crippen LogP contribution is -2.33. The lowest BCUT2D eigenvalue weighted by molar-refractivity contribution is 0.386. The number of rotatable bonds is 5. The van der Waals surface area contributed by atoms with E-state index in [4.69, 9.17) is 9.47 Å². The number of H-pyrrole nitrogens is 1. The van der Waals surface area contributed by atoms with Crippen molar-refractivity contribution >= 4 is 5.71 Å². The standard InChI is InChI=1S/C23H24N4O5/c1-12-7-13(2)9-14(8-12)27-22(29)20(21(28)24-23(27)30)18-11-17(25-26-18)16-6-5-15(31-3)10-19(16)32-4/h5-10,17,25,29H,11H2,1-4H3,(H,24,28,30)/t17-/m1/s1. The van der Waals surface area contributed by atoms with Gasteiger partial charge in [-0.1, -0.05) is 6.07 Å². The van der Waals surface area contributed by atoms with Gasteiger partial charge in [0.15, 0.2) is 0 Å². The minimum atomic E-state index is -0.721. The average Bonchev–Trinajstić information content (AvgIpc) is 3.21. The van der Waals surface area contributed by atoms with Crippen molar-refractivity contribution in [1.29, 1.82) is 0 Å². The summed E-state index contributed by atoms with van der Waals surface area (Å²) >= 11 is 0. The van der Waals surface area contributed by atoms with Crippen LogP contribution in [0.4, 0.5) is 0 Å². The van der Waals surface area contributed by atoms with Gasteiger partial charge < -0.3 is 20.0 Å². The normalized spacial score (nSPS) is 15.2. The fourth-order valence-electron chi connectivity index (χ4n) is 3.99. The number of hydrogen-bond acceptors (Lipinski definition) is 7. The second-order valence-corrected chi connectivity index (χ2v) is 7.69. The van der Waals surface area contributed by atoms with Gasteiger partial charge in [0.05, 0.1) is 31.7 Å². The fourth-order valence-corrected chi connectivity index (χ4v) is 3.99. The molecule has 3 N–H and O–H groups in total. The maximum atomic E-state index is 12.6. The smallest absolute Gasteiger partial charge is 0.335 e. The molecule has 0 saturated heterocycles. The van der Waals surface area contributed by atoms with Gasteiger partial charge in [0.2, 0.25) is 5.88 Å². The molecule has 3 aromatic rings. The van der Waals surface area contributed by atoms with Crippen molar-refractivity contribution in [3.05, 3.63) is 79.5 Å². The van der Waals surface area contributed by atoms with E-state index >= 15 is 0 Å². The number of aromatic amines is 1. The Morgan fingerprint density at radius 2 is 1.78 bits per heavy atom. The highest BCUT2D eigenvalue weighted by Crippen LogP contribution is 2.34. The number of hydrogen-bond donors (Lipinski definition) is 3. The molecule has 0 amide bonds. The zero-order chi connectivity index (χ0) is 23.0. The quantitative estimate of drug-likeness (QED) is 0.565. The summed E-state index contributed by atoms with van der Waals surface area (Å²) in [6.07, 6.45) is 0.310. The summed E-state index contributed by atoms with van der Waals surface area (Å²) < 4.78 is 11.8. The SMILES string of the molecule is COc1ccc([C@H]2CC(c3c(O)n(-c4cc(C)cc(C)c4)c(=O)[nH]c3=O)=NN2)c(OC)c1. The molecule has 0 bridgehead atoms. The lowest BCUT2D eigenvalue weighted by Gasteiger charge is -2.16. The first-order valence-electron chi connectivity index (χ1n) is 10.0. The van der Waals surface area contributed by atoms with Crippen LogP contribution in [0.15, 0.2) is 51.1 Å². The number of hydrazone groups is 1. The van der Waals surface area contributed by atoms with Crippen molar-refractivity contribution in [3.63, 3.8) is 0 Å². The Hall–Kier alpha value is -4.01. The molecule has 1 aromatic heterocycles. The van der Waals surface area contributed by atoms with Crippen LogP contribution in [0.25, 0.3) is 5.69 Å². The summed E-state index contributed by atoms with van der Waals surface area (Å²) in [5.74, 6) is 0.808. The van der Waals surface area contributed by atoms with Crippen molar-refractivity contribution in [2.75, 3.05) is 14.2 Å². The number of ether oxygens (including phenoxy) is 2. The highest BCUT2D eigenvalue weighted by Gasteiger charge is 2.29. The molecule has 166 valence electrons. The van der Waals surface area contributed by atoms with Crippen LogP contribution in [0.5, 0.6) is 17.4 Å². The minimum absolute atomic E-state index is 0.0498. The Bertz CT molecular complexity index is 1320. The molecule has 0 aliphatic carbocycles. The Labute approximate surface area is 184 Å². The van der Waals surface area contributed by atoms with Gasteiger partial charge in [-0.3, -0.25) is 9.78 Å². The first kappa shape index (κ1) is 21.2. The van der Waals surface area contributed by atoms with Gasteiger partial charge in [0.25, 0.3) is 5.56 Å². The first-order chi connectivity index (χ1) is 15.3. The second kappa shape index (κ2) is 8.26. The van der Waals surface area contributed by atoms with E-state index in [2.05, 4.69) is 15.5 Å². The summed E-state index contributed by atoms with van der Waals surface area (Å²) in [4.78, 5) is 27.5. The molecule has 0 unspecified atom stereocenters. The van der Waals surface area contributed by atoms with Gasteiger partial charge in [0, 0.05) is 18.1 Å². The van der Waals surface area contributed by atoms with Gasteiger partial charge in [-0.15, -0.1) is 0 Å². The topological polar surface area (TPSA) is 118 Å². The molecule has 2 aromatic carbocycles. The Balaban J connectivity index is 1.74. The Morgan fingerprint density at radius 1 is 1.06 bits per heavy atom. The summed E-state index contributed by atoms with van der Waals surface area (Å²) in [5, 5.41) is 15.3. The molecule has 0 saturated carbocycles. The molecular weight excluding hydrogens is 412 g/mol. The van der Waals surface area contributed by atoms with E-state index in [0.29, 0.717) is 29.3 Å². The van der Waals surface area contributed by atoms with Crippen molar-refractivity contribution in [2.45, 2.75) is 26.3 Å². The Morgan fingerprint density at radius 3 is 2.44 bits per heavy atom. The molecular formula is C23H24N4O5. The lowest BCUT2D eigenvalue weighted by atomic mass is 9.99. The first-order valence-corrected chi connectivity index (χ1v) is 10.0. The molecule has 0 spiro atoms. The van der Waals surface area contributed by atoms with E-state index in [9.17, 15) is 14.7 Å². The third kappa shape index (κ3) is 3.73. The predicted molar refractivity (Wildman–Crippen MR) is 120 cm³/mol. The highest BCUT2D eigenvalue weighted by atomic mass is 16.5. The number of methoxy groups -OCH3 is 2. The molecule has 32 heavy (non-hydrogen) atoms. The van der Waals surface area contributed by atoms with E-state index < -0.39 is 17.1 Å². The summed E-state index contributed by atoms with van der Waals surface area (Å²) in [6.45, 7) is 3.78. The number of aromatic nitrogens is 2. The van der Waals surface area contributed by atoms with Crippen molar-refractivity contribution in [1.82, 2.24) is 15.0 Å². The zero-order valence-electron chi connectivity index (χ0n) is 18.2. The molecule has 0 fully saturated rings. The van der Waals surface area contributed by atoms with Crippen molar-refractivity contribution in [3.8, 4) is 23.1 Å². The number of aryl methyl sites for hydroxylation is 2. The van der Waals surface area contributed by atoms with Crippen LogP contribution in [-0.4, -0.2) is 34.6 Å². The average molecular weight is 436 g/mol. The van der Waals surface area contributed by atoms with E-state index in [0.717, 1.165) is 21.3 Å². The summed E-state index contributed by atoms with van der Waals surface area (Å²) in [5.41, 5.74) is 4.99. The van der Waals surface area contributed by atoms with Crippen molar-refractivity contribution in [2.24, 2.45) is 5.10 Å². The number of aromatic hydroxyl groups is 1. The maximum absolute atomic E-state index is 12.6. The molecule has 0 radical (unpaired) electrons. The van der Waals surface area contributed by atoms with Crippen LogP contribution in [-0.2, 0) is 0 Å². The number of nitrogens with one attached hydrogen (secondary N) is 2. The third-order valence-electron chi connectivity index (χ3n) is 5.41. The highest BCUT2D eigenvalue weighted by molar-refractivity contribution is 6.03. The summed E-state index contributed by atoms with van der Waals surface area (Å²) in [7, 11) is 3.13. The van der Waals surface area contributed by atoms with E-state index in [1.165, 1.54) is 0 Å². The molecule has 1 atom stereocenters. The third-order valence-corrected chi connectivity index (χ3v) is 5.41. The predicted octanol–water partition coefficient (Wildman–Crippen LogP) is 2.30. The van der Waals surface area contributed by atoms with Gasteiger partial charge in [-0.2, -0.15) is 5.10 Å². The largest absolute Gasteiger partial charge is 0.497 e. The van der Waals surface area contributed by atoms with Gasteiger partial charge in [0.1, 0.15) is 17.1 Å². The van der Waals surface area contributed by atoms with Gasteiger partial charge >= 0.3 is 5.69 Å². The van der Waals surface area contributed by atoms with Crippen LogP contribution in [0.3, 0.4) is 0 Å². The molecule has 1 aliphatic heterocycles. The van der Waals surface area contributed by atoms with Crippen LogP contribution in [0, 0.1) is 13.8 Å². The Kier molecular flexibility index (Phi) is 5.48. The number of nitrogens with zero attached hydrogens (tertiary/aromatic N) is 2. The van der Waals surface area contributed by atoms with E-state index in [-0.39, 0.29) is 11.6 Å². The summed E-state index contributed by atoms with van der Waals surface area (Å²) in [6, 6.07) is 10.6. The van der Waals surface area contributed by atoms with Crippen LogP contribution in [0.1, 0.15) is 34.7 Å². The van der Waals surface area contributed by atoms with Crippen LogP contribution < -0.4 is 26.1 Å². The molecule has 1 aliphatic rings. The van der Waals surface area contributed by atoms with E-state index in [1.807, 2.05) is 32.0 Å². The van der Waals surface area contributed by atoms with E-state index in [1.54, 1.807) is 32.4 Å². The van der Waals surface area contributed by atoms with Crippen molar-refractivity contribution < 1.29 is 14.6 Å². The maximum Gasteiger partial charge on any atom is 0.335 e. The molecule has 2 heterocycles. The zero-order valence-corrected chi connectivity index (χ0v) is 18.2. The van der Waals surface area contributed by atoms with Crippen LogP contribution in [0.2, 0.25) is 0 Å². The van der Waals surface area contributed by atoms with Crippen LogP contribution >= 0.6 is 0 Å². The fraction of sp³-hybridized carbons (Fsp3) is 0.261. The van der Waals surface area contributed by atoms with Gasteiger partial charge in [-0.25, -0.2) is 9.36 Å². The molecule has 4 rings (SSSR count).